The number of fused-ring (bicyclic) bond motifs is 1. The van der Waals surface area contributed by atoms with Gasteiger partial charge in [0.2, 0.25) is 5.91 Å². The van der Waals surface area contributed by atoms with E-state index in [2.05, 4.69) is 10.3 Å². The minimum absolute atomic E-state index is 0.149. The van der Waals surface area contributed by atoms with Crippen molar-refractivity contribution >= 4 is 40.6 Å². The molecule has 1 unspecified atom stereocenters. The topological polar surface area (TPSA) is 205 Å². The smallest absolute Gasteiger partial charge is 0.489 e. The average molecular weight is 777 g/mol. The molecule has 0 saturated carbocycles. The van der Waals surface area contributed by atoms with E-state index in [4.69, 9.17) is 29.3 Å². The number of halogens is 6. The normalized spacial score (nSPS) is 16.1. The number of methoxy groups -OCH3 is 1. The fourth-order valence-electron chi connectivity index (χ4n) is 5.32. The van der Waals surface area contributed by atoms with Crippen molar-refractivity contribution in [1.29, 1.82) is 0 Å². The second-order valence-corrected chi connectivity index (χ2v) is 12.4. The van der Waals surface area contributed by atoms with Gasteiger partial charge in [0, 0.05) is 28.8 Å². The van der Waals surface area contributed by atoms with Crippen LogP contribution in [0.1, 0.15) is 54.7 Å². The van der Waals surface area contributed by atoms with Gasteiger partial charge in [-0.3, -0.25) is 29.5 Å². The summed E-state index contributed by atoms with van der Waals surface area (Å²) in [5.41, 5.74) is 2.94. The molecule has 0 spiro atoms. The molecule has 2 amide bonds. The zero-order chi connectivity index (χ0) is 41.1. The molecule has 54 heavy (non-hydrogen) atoms. The number of nitrogens with zero attached hydrogens (tertiary/aromatic N) is 2. The van der Waals surface area contributed by atoms with Crippen molar-refractivity contribution in [2.75, 3.05) is 20.2 Å². The maximum absolute atomic E-state index is 13.3. The van der Waals surface area contributed by atoms with Crippen LogP contribution in [0.25, 0.3) is 10.9 Å². The van der Waals surface area contributed by atoms with Gasteiger partial charge < -0.3 is 25.0 Å². The highest BCUT2D eigenvalue weighted by atomic mass is 19.4. The molecule has 3 aromatic rings. The number of hydrogen-bond acceptors (Lipinski definition) is 10. The third kappa shape index (κ3) is 12.9. The van der Waals surface area contributed by atoms with Crippen molar-refractivity contribution in [2.24, 2.45) is 0 Å². The molecule has 0 radical (unpaired) electrons. The summed E-state index contributed by atoms with van der Waals surface area (Å²) in [5, 5.41) is 27.5. The summed E-state index contributed by atoms with van der Waals surface area (Å²) in [6, 6.07) is 16.7. The number of amides is 2. The lowest BCUT2D eigenvalue weighted by Crippen LogP contribution is -2.65. The Morgan fingerprint density at radius 2 is 1.48 bits per heavy atom. The lowest BCUT2D eigenvalue weighted by molar-refractivity contribution is -0.193. The molecule has 5 N–H and O–H groups in total. The Labute approximate surface area is 304 Å². The molecule has 0 bridgehead atoms. The average Bonchev–Trinajstić information content (AvgIpc) is 3.09. The Morgan fingerprint density at radius 1 is 0.926 bits per heavy atom. The number of benzene rings is 2. The van der Waals surface area contributed by atoms with Crippen molar-refractivity contribution in [2.45, 2.75) is 70.1 Å². The first-order valence-corrected chi connectivity index (χ1v) is 15.7. The number of esters is 1. The fraction of sp³-hybridized carbons (Fsp3) is 0.412. The molecule has 4 rings (SSSR count). The van der Waals surface area contributed by atoms with Crippen molar-refractivity contribution in [1.82, 2.24) is 20.7 Å². The SMILES string of the molecule is COC(=O)C(C)(C)N1CCCC(CC(=O)NO)(NC(=O)c2ccc(OCc3cc(C)nc4ccccc34)cc2)C1.O=C(O)C(F)(F)F.O=C(O)C(F)(F)F. The molecular weight excluding hydrogens is 738 g/mol. The summed E-state index contributed by atoms with van der Waals surface area (Å²) in [7, 11) is 1.33. The number of ether oxygens (including phenoxy) is 2. The molecule has 1 aliphatic rings. The maximum Gasteiger partial charge on any atom is 0.490 e. The van der Waals surface area contributed by atoms with Crippen LogP contribution in [-0.2, 0) is 30.5 Å². The summed E-state index contributed by atoms with van der Waals surface area (Å²) in [6.45, 7) is 6.62. The van der Waals surface area contributed by atoms with Crippen LogP contribution in [0.4, 0.5) is 26.3 Å². The van der Waals surface area contributed by atoms with Crippen LogP contribution in [0.2, 0.25) is 0 Å². The number of aliphatic carboxylic acids is 2. The minimum Gasteiger partial charge on any atom is -0.489 e. The fourth-order valence-corrected chi connectivity index (χ4v) is 5.32. The first kappa shape index (κ1) is 44.7. The number of aryl methyl sites for hydroxylation is 1. The largest absolute Gasteiger partial charge is 0.490 e. The van der Waals surface area contributed by atoms with Crippen molar-refractivity contribution in [3.8, 4) is 5.75 Å². The van der Waals surface area contributed by atoms with Crippen molar-refractivity contribution in [3.05, 3.63) is 71.4 Å². The predicted molar refractivity (Wildman–Crippen MR) is 176 cm³/mol. The van der Waals surface area contributed by atoms with Crippen LogP contribution < -0.4 is 15.5 Å². The van der Waals surface area contributed by atoms with E-state index in [0.29, 0.717) is 37.3 Å². The molecule has 20 heteroatoms. The van der Waals surface area contributed by atoms with Gasteiger partial charge in [-0.25, -0.2) is 15.1 Å². The molecule has 1 aliphatic heterocycles. The first-order valence-electron chi connectivity index (χ1n) is 15.7. The number of pyridine rings is 1. The molecule has 14 nitrogen and oxygen atoms in total. The Bertz CT molecular complexity index is 1780. The summed E-state index contributed by atoms with van der Waals surface area (Å²) in [4.78, 5) is 62.3. The standard InChI is InChI=1S/C30H36N4O6.2C2HF3O2/c1-20-16-22(24-8-5-6-9-25(24)31-20)18-40-23-12-10-21(11-13-23)27(36)32-30(17-26(35)33-38)14-7-15-34(19-30)29(2,3)28(37)39-4;2*3-2(4,5)1(6)7/h5-6,8-13,16,38H,7,14-15,17-19H2,1-4H3,(H,32,36)(H,33,35);2*(H,6,7). The van der Waals surface area contributed by atoms with Crippen molar-refractivity contribution in [3.63, 3.8) is 0 Å². The number of piperidine rings is 1. The molecule has 0 aliphatic carbocycles. The third-order valence-electron chi connectivity index (χ3n) is 7.98. The second-order valence-electron chi connectivity index (χ2n) is 12.4. The van der Waals surface area contributed by atoms with Crippen molar-refractivity contribution < 1.29 is 75.2 Å². The highest BCUT2D eigenvalue weighted by Gasteiger charge is 2.46. The summed E-state index contributed by atoms with van der Waals surface area (Å²) < 4.78 is 74.5. The lowest BCUT2D eigenvalue weighted by Gasteiger charge is -2.47. The lowest BCUT2D eigenvalue weighted by atomic mass is 9.82. The van der Waals surface area contributed by atoms with Gasteiger partial charge >= 0.3 is 30.3 Å². The minimum atomic E-state index is -5.08. The Morgan fingerprint density at radius 3 is 2.00 bits per heavy atom. The molecule has 1 aromatic heterocycles. The van der Waals surface area contributed by atoms with E-state index in [1.165, 1.54) is 7.11 Å². The Balaban J connectivity index is 0.000000610. The van der Waals surface area contributed by atoms with Gasteiger partial charge in [-0.1, -0.05) is 18.2 Å². The number of carbonyl (C=O) groups excluding carboxylic acids is 3. The van der Waals surface area contributed by atoms with Gasteiger partial charge in [0.05, 0.1) is 24.6 Å². The van der Waals surface area contributed by atoms with Crippen LogP contribution in [0.3, 0.4) is 0 Å². The number of hydroxylamine groups is 1. The second kappa shape index (κ2) is 18.5. The van der Waals surface area contributed by atoms with E-state index in [0.717, 1.165) is 22.2 Å². The summed E-state index contributed by atoms with van der Waals surface area (Å²) >= 11 is 0. The zero-order valence-corrected chi connectivity index (χ0v) is 29.3. The molecule has 1 atom stereocenters. The van der Waals surface area contributed by atoms with E-state index >= 15 is 0 Å². The van der Waals surface area contributed by atoms with Gasteiger partial charge in [-0.2, -0.15) is 26.3 Å². The van der Waals surface area contributed by atoms with Crippen LogP contribution in [0.5, 0.6) is 5.75 Å². The highest BCUT2D eigenvalue weighted by Crippen LogP contribution is 2.31. The van der Waals surface area contributed by atoms with Crippen LogP contribution in [0.15, 0.2) is 54.6 Å². The molecule has 2 heterocycles. The molecule has 296 valence electrons. The molecule has 1 fully saturated rings. The van der Waals surface area contributed by atoms with Crippen LogP contribution in [-0.4, -0.2) is 98.7 Å². The van der Waals surface area contributed by atoms with Gasteiger partial charge in [-0.15, -0.1) is 0 Å². The maximum atomic E-state index is 13.3. The van der Waals surface area contributed by atoms with E-state index in [-0.39, 0.29) is 18.9 Å². The van der Waals surface area contributed by atoms with E-state index in [1.807, 2.05) is 42.2 Å². The zero-order valence-electron chi connectivity index (χ0n) is 29.3. The molecule has 1 saturated heterocycles. The van der Waals surface area contributed by atoms with E-state index < -0.39 is 47.2 Å². The predicted octanol–water partition coefficient (Wildman–Crippen LogP) is 4.80. The summed E-state index contributed by atoms with van der Waals surface area (Å²) in [6.07, 6.45) is -9.18. The number of alkyl halides is 6. The molecular formula is C34H38F6N4O10. The highest BCUT2D eigenvalue weighted by molar-refractivity contribution is 5.95. The number of carbonyl (C=O) groups is 5. The van der Waals surface area contributed by atoms with Gasteiger partial charge in [-0.05, 0) is 76.6 Å². The summed E-state index contributed by atoms with van der Waals surface area (Å²) in [5.74, 6) is -6.31. The number of para-hydroxylation sites is 1. The van der Waals surface area contributed by atoms with Crippen LogP contribution in [0, 0.1) is 6.92 Å². The number of carboxylic acid groups (broad SMARTS) is 2. The monoisotopic (exact) mass is 776 g/mol. The van der Waals surface area contributed by atoms with E-state index in [9.17, 15) is 45.9 Å². The number of nitrogens with one attached hydrogen (secondary N) is 2. The number of carboxylic acids is 2. The first-order chi connectivity index (χ1) is 25.0. The number of likely N-dealkylation sites (tertiary alicyclic amines) is 1. The quantitative estimate of drug-likeness (QED) is 0.0861. The Kier molecular flexibility index (Phi) is 15.3. The van der Waals surface area contributed by atoms with Gasteiger partial charge in [0.1, 0.15) is 17.9 Å². The third-order valence-corrected chi connectivity index (χ3v) is 7.98. The van der Waals surface area contributed by atoms with Gasteiger partial charge in [0.15, 0.2) is 0 Å². The number of aromatic nitrogens is 1. The Hall–Kier alpha value is -5.50. The van der Waals surface area contributed by atoms with Gasteiger partial charge in [0.25, 0.3) is 5.91 Å². The number of hydrogen-bond donors (Lipinski definition) is 5. The number of rotatable bonds is 9. The molecule has 2 aromatic carbocycles. The van der Waals surface area contributed by atoms with E-state index in [1.54, 1.807) is 43.6 Å². The van der Waals surface area contributed by atoms with Crippen LogP contribution >= 0.6 is 0 Å².